The Hall–Kier alpha value is -0.800. The first-order chi connectivity index (χ1) is 6.06. The van der Waals surface area contributed by atoms with Gasteiger partial charge in [0.05, 0.1) is 18.2 Å². The maximum absolute atomic E-state index is 13.2. The molecule has 1 N–H and O–H groups in total. The van der Waals surface area contributed by atoms with Gasteiger partial charge in [-0.05, 0) is 24.6 Å². The van der Waals surface area contributed by atoms with Crippen molar-refractivity contribution in [1.82, 2.24) is 0 Å². The minimum Gasteiger partial charge on any atom is -0.492 e. The van der Waals surface area contributed by atoms with Crippen LogP contribution in [0.4, 0.5) is 4.39 Å². The van der Waals surface area contributed by atoms with Gasteiger partial charge in [-0.25, -0.2) is 4.39 Å². The number of aliphatic hydroxyl groups is 1. The van der Waals surface area contributed by atoms with Gasteiger partial charge in [0, 0.05) is 0 Å². The highest BCUT2D eigenvalue weighted by Gasteiger charge is 2.11. The fourth-order valence-corrected chi connectivity index (χ4v) is 1.31. The van der Waals surface area contributed by atoms with Gasteiger partial charge in [0.2, 0.25) is 0 Å². The smallest absolute Gasteiger partial charge is 0.173 e. The van der Waals surface area contributed by atoms with Crippen molar-refractivity contribution in [3.63, 3.8) is 0 Å². The monoisotopic (exact) mass is 204 g/mol. The van der Waals surface area contributed by atoms with Crippen LogP contribution < -0.4 is 4.74 Å². The first-order valence-electron chi connectivity index (χ1n) is 3.77. The van der Waals surface area contributed by atoms with Crippen LogP contribution in [-0.2, 0) is 0 Å². The Balaban J connectivity index is 3.20. The average Bonchev–Trinajstić information content (AvgIpc) is 2.03. The molecule has 72 valence electrons. The van der Waals surface area contributed by atoms with E-state index < -0.39 is 11.9 Å². The zero-order chi connectivity index (χ0) is 10.0. The zero-order valence-corrected chi connectivity index (χ0v) is 8.10. The number of benzene rings is 1. The summed E-state index contributed by atoms with van der Waals surface area (Å²) in [5.41, 5.74) is 0.434. The van der Waals surface area contributed by atoms with E-state index in [1.807, 2.05) is 0 Å². The molecular formula is C9H10ClFO2. The molecule has 1 aromatic rings. The second-order valence-electron chi connectivity index (χ2n) is 2.69. The van der Waals surface area contributed by atoms with Crippen LogP contribution in [0.1, 0.15) is 18.6 Å². The summed E-state index contributed by atoms with van der Waals surface area (Å²) >= 11 is 5.70. The summed E-state index contributed by atoms with van der Waals surface area (Å²) in [5, 5.41) is 9.34. The van der Waals surface area contributed by atoms with E-state index in [2.05, 4.69) is 0 Å². The van der Waals surface area contributed by atoms with E-state index in [0.29, 0.717) is 5.56 Å². The van der Waals surface area contributed by atoms with Crippen molar-refractivity contribution >= 4 is 11.6 Å². The lowest BCUT2D eigenvalue weighted by atomic mass is 10.1. The maximum Gasteiger partial charge on any atom is 0.173 e. The van der Waals surface area contributed by atoms with E-state index in [-0.39, 0.29) is 10.8 Å². The van der Waals surface area contributed by atoms with E-state index >= 15 is 0 Å². The molecule has 0 saturated heterocycles. The van der Waals surface area contributed by atoms with Gasteiger partial charge >= 0.3 is 0 Å². The van der Waals surface area contributed by atoms with Gasteiger partial charge in [0.15, 0.2) is 11.6 Å². The molecule has 0 spiro atoms. The molecule has 0 heterocycles. The molecule has 2 nitrogen and oxygen atoms in total. The molecule has 0 saturated carbocycles. The van der Waals surface area contributed by atoms with Gasteiger partial charge < -0.3 is 9.84 Å². The van der Waals surface area contributed by atoms with E-state index in [1.54, 1.807) is 0 Å². The lowest BCUT2D eigenvalue weighted by molar-refractivity contribution is 0.198. The number of hydrogen-bond acceptors (Lipinski definition) is 2. The Kier molecular flexibility index (Phi) is 3.12. The van der Waals surface area contributed by atoms with E-state index in [1.165, 1.54) is 26.2 Å². The fraction of sp³-hybridized carbons (Fsp3) is 0.333. The highest BCUT2D eigenvalue weighted by Crippen LogP contribution is 2.30. The van der Waals surface area contributed by atoms with Crippen molar-refractivity contribution in [3.8, 4) is 5.75 Å². The van der Waals surface area contributed by atoms with Gasteiger partial charge in [-0.2, -0.15) is 0 Å². The van der Waals surface area contributed by atoms with Gasteiger partial charge in [0.25, 0.3) is 0 Å². The minimum absolute atomic E-state index is 0.00562. The Labute approximate surface area is 80.9 Å². The number of halogens is 2. The first kappa shape index (κ1) is 10.3. The molecule has 0 amide bonds. The molecule has 1 aromatic carbocycles. The molecule has 0 aliphatic carbocycles. The highest BCUT2D eigenvalue weighted by atomic mass is 35.5. The van der Waals surface area contributed by atoms with Gasteiger partial charge in [-0.1, -0.05) is 11.6 Å². The number of methoxy groups -OCH3 is 1. The molecular weight excluding hydrogens is 195 g/mol. The highest BCUT2D eigenvalue weighted by molar-refractivity contribution is 6.32. The number of rotatable bonds is 2. The molecule has 1 unspecified atom stereocenters. The lowest BCUT2D eigenvalue weighted by Crippen LogP contribution is -1.95. The number of hydrogen-bond donors (Lipinski definition) is 1. The van der Waals surface area contributed by atoms with Crippen molar-refractivity contribution < 1.29 is 14.2 Å². The van der Waals surface area contributed by atoms with Crippen LogP contribution in [0.3, 0.4) is 0 Å². The van der Waals surface area contributed by atoms with Crippen molar-refractivity contribution in [2.45, 2.75) is 13.0 Å². The predicted octanol–water partition coefficient (Wildman–Crippen LogP) is 2.54. The molecule has 1 atom stereocenters. The third kappa shape index (κ3) is 2.11. The summed E-state index contributed by atoms with van der Waals surface area (Å²) in [6, 6.07) is 2.68. The molecule has 4 heteroatoms. The van der Waals surface area contributed by atoms with E-state index in [4.69, 9.17) is 16.3 Å². The van der Waals surface area contributed by atoms with Crippen molar-refractivity contribution in [2.75, 3.05) is 7.11 Å². The Bertz CT molecular complexity index is 289. The second-order valence-corrected chi connectivity index (χ2v) is 3.10. The molecule has 1 rings (SSSR count). The quantitative estimate of drug-likeness (QED) is 0.802. The standard InChI is InChI=1S/C9H10ClFO2/c1-5(12)6-3-7(10)9(13-2)8(11)4-6/h3-5,12H,1-2H3. The molecule has 13 heavy (non-hydrogen) atoms. The van der Waals surface area contributed by atoms with Gasteiger partial charge in [-0.3, -0.25) is 0 Å². The normalized spacial score (nSPS) is 12.7. The number of aliphatic hydroxyl groups excluding tert-OH is 1. The molecule has 0 aliphatic rings. The third-order valence-corrected chi connectivity index (χ3v) is 1.99. The third-order valence-electron chi connectivity index (χ3n) is 1.71. The van der Waals surface area contributed by atoms with Gasteiger partial charge in [0.1, 0.15) is 0 Å². The molecule has 0 fully saturated rings. The van der Waals surface area contributed by atoms with Crippen molar-refractivity contribution in [1.29, 1.82) is 0 Å². The Morgan fingerprint density at radius 3 is 2.54 bits per heavy atom. The fourth-order valence-electron chi connectivity index (χ4n) is 1.02. The summed E-state index contributed by atoms with van der Waals surface area (Å²) in [6.07, 6.45) is -0.738. The molecule has 0 aromatic heterocycles. The molecule has 0 aliphatic heterocycles. The average molecular weight is 205 g/mol. The van der Waals surface area contributed by atoms with Crippen LogP contribution in [-0.4, -0.2) is 12.2 Å². The zero-order valence-electron chi connectivity index (χ0n) is 7.34. The largest absolute Gasteiger partial charge is 0.492 e. The van der Waals surface area contributed by atoms with Crippen molar-refractivity contribution in [3.05, 3.63) is 28.5 Å². The Morgan fingerprint density at radius 1 is 1.54 bits per heavy atom. The van der Waals surface area contributed by atoms with Crippen molar-refractivity contribution in [2.24, 2.45) is 0 Å². The summed E-state index contributed by atoms with van der Waals surface area (Å²) in [4.78, 5) is 0. The molecule has 0 radical (unpaired) electrons. The van der Waals surface area contributed by atoms with Crippen LogP contribution >= 0.6 is 11.6 Å². The van der Waals surface area contributed by atoms with Crippen LogP contribution in [0.2, 0.25) is 5.02 Å². The molecule has 0 bridgehead atoms. The summed E-state index contributed by atoms with van der Waals surface area (Å²) < 4.78 is 17.9. The minimum atomic E-state index is -0.738. The SMILES string of the molecule is COc1c(F)cc(C(C)O)cc1Cl. The summed E-state index contributed by atoms with van der Waals surface area (Å²) in [7, 11) is 1.34. The van der Waals surface area contributed by atoms with E-state index in [0.717, 1.165) is 0 Å². The lowest BCUT2D eigenvalue weighted by Gasteiger charge is -2.09. The van der Waals surface area contributed by atoms with E-state index in [9.17, 15) is 9.50 Å². The topological polar surface area (TPSA) is 29.5 Å². The van der Waals surface area contributed by atoms with Crippen LogP contribution in [0.15, 0.2) is 12.1 Å². The first-order valence-corrected chi connectivity index (χ1v) is 4.15. The summed E-state index contributed by atoms with van der Waals surface area (Å²) in [6.45, 7) is 1.54. The van der Waals surface area contributed by atoms with Gasteiger partial charge in [-0.15, -0.1) is 0 Å². The summed E-state index contributed by atoms with van der Waals surface area (Å²) in [5.74, 6) is -0.558. The second kappa shape index (κ2) is 3.94. The van der Waals surface area contributed by atoms with Crippen LogP contribution in [0.5, 0.6) is 5.75 Å². The van der Waals surface area contributed by atoms with Crippen LogP contribution in [0.25, 0.3) is 0 Å². The predicted molar refractivity (Wildman–Crippen MR) is 48.6 cm³/mol. The Morgan fingerprint density at radius 2 is 2.15 bits per heavy atom. The number of ether oxygens (including phenoxy) is 1. The maximum atomic E-state index is 13.2. The van der Waals surface area contributed by atoms with Crippen LogP contribution in [0, 0.1) is 5.82 Å².